The molecule has 1 amide bonds. The predicted molar refractivity (Wildman–Crippen MR) is 95.8 cm³/mol. The Kier molecular flexibility index (Phi) is 6.45. The summed E-state index contributed by atoms with van der Waals surface area (Å²) in [6.07, 6.45) is 3.83. The maximum atomic E-state index is 12.4. The fraction of sp³-hybridized carbons (Fsp3) is 0.333. The van der Waals surface area contributed by atoms with E-state index in [1.54, 1.807) is 31.2 Å². The highest BCUT2D eigenvalue weighted by Gasteiger charge is 2.15. The number of esters is 1. The van der Waals surface area contributed by atoms with Crippen molar-refractivity contribution in [3.05, 3.63) is 47.8 Å². The number of hydrogen-bond donors (Lipinski definition) is 2. The summed E-state index contributed by atoms with van der Waals surface area (Å²) < 4.78 is 5.00. The number of nitrogens with zero attached hydrogens (tertiary/aromatic N) is 2. The molecule has 2 N–H and O–H groups in total. The first kappa shape index (κ1) is 18.4. The molecule has 2 aromatic rings. The van der Waals surface area contributed by atoms with Gasteiger partial charge in [-0.2, -0.15) is 0 Å². The third-order valence-corrected chi connectivity index (χ3v) is 3.57. The van der Waals surface area contributed by atoms with Crippen LogP contribution in [0, 0.1) is 0 Å². The molecule has 2 rings (SSSR count). The van der Waals surface area contributed by atoms with Crippen LogP contribution in [0.3, 0.4) is 0 Å². The standard InChI is InChI=1S/C18H22N4O3/c1-4-12(3)21-18-19-10-13(11-20-18)16(23)22-15-9-7-6-8-14(15)17(24)25-5-2/h6-12H,4-5H2,1-3H3,(H,22,23)(H,19,20,21). The molecule has 1 aromatic carbocycles. The number of carbonyl (C=O) groups is 2. The van der Waals surface area contributed by atoms with E-state index in [-0.39, 0.29) is 12.6 Å². The molecule has 0 bridgehead atoms. The van der Waals surface area contributed by atoms with E-state index >= 15 is 0 Å². The van der Waals surface area contributed by atoms with Gasteiger partial charge in [-0.15, -0.1) is 0 Å². The molecule has 7 nitrogen and oxygen atoms in total. The molecule has 0 aliphatic carbocycles. The third kappa shape index (κ3) is 5.00. The second kappa shape index (κ2) is 8.77. The van der Waals surface area contributed by atoms with E-state index in [9.17, 15) is 9.59 Å². The topological polar surface area (TPSA) is 93.2 Å². The highest BCUT2D eigenvalue weighted by molar-refractivity contribution is 6.07. The number of hydrogen-bond acceptors (Lipinski definition) is 6. The van der Waals surface area contributed by atoms with E-state index in [1.807, 2.05) is 6.92 Å². The maximum absolute atomic E-state index is 12.4. The van der Waals surface area contributed by atoms with Crippen LogP contribution in [0.15, 0.2) is 36.7 Å². The van der Waals surface area contributed by atoms with Crippen molar-refractivity contribution < 1.29 is 14.3 Å². The quantitative estimate of drug-likeness (QED) is 0.751. The summed E-state index contributed by atoms with van der Waals surface area (Å²) in [5.41, 5.74) is 0.981. The van der Waals surface area contributed by atoms with Gasteiger partial charge >= 0.3 is 5.97 Å². The van der Waals surface area contributed by atoms with Crippen LogP contribution in [0.4, 0.5) is 11.6 Å². The lowest BCUT2D eigenvalue weighted by atomic mass is 10.1. The zero-order chi connectivity index (χ0) is 18.2. The van der Waals surface area contributed by atoms with E-state index in [0.29, 0.717) is 22.8 Å². The molecule has 0 radical (unpaired) electrons. The fourth-order valence-electron chi connectivity index (χ4n) is 2.02. The summed E-state index contributed by atoms with van der Waals surface area (Å²) in [5, 5.41) is 5.83. The molecule has 25 heavy (non-hydrogen) atoms. The summed E-state index contributed by atoms with van der Waals surface area (Å²) in [7, 11) is 0. The van der Waals surface area contributed by atoms with Crippen LogP contribution in [-0.4, -0.2) is 34.5 Å². The van der Waals surface area contributed by atoms with Crippen molar-refractivity contribution in [1.82, 2.24) is 9.97 Å². The summed E-state index contributed by atoms with van der Waals surface area (Å²) in [5.74, 6) is -0.410. The van der Waals surface area contributed by atoms with Crippen LogP contribution < -0.4 is 10.6 Å². The van der Waals surface area contributed by atoms with Crippen LogP contribution in [-0.2, 0) is 4.74 Å². The second-order valence-corrected chi connectivity index (χ2v) is 5.47. The van der Waals surface area contributed by atoms with E-state index < -0.39 is 11.9 Å². The van der Waals surface area contributed by atoms with Crippen molar-refractivity contribution in [1.29, 1.82) is 0 Å². The first-order chi connectivity index (χ1) is 12.0. The van der Waals surface area contributed by atoms with Gasteiger partial charge in [0.2, 0.25) is 5.95 Å². The Hall–Kier alpha value is -2.96. The Morgan fingerprint density at radius 2 is 1.84 bits per heavy atom. The molecule has 132 valence electrons. The van der Waals surface area contributed by atoms with E-state index in [4.69, 9.17) is 4.74 Å². The van der Waals surface area contributed by atoms with Crippen molar-refractivity contribution in [2.24, 2.45) is 0 Å². The molecule has 1 heterocycles. The van der Waals surface area contributed by atoms with Crippen LogP contribution in [0.25, 0.3) is 0 Å². The Morgan fingerprint density at radius 1 is 1.16 bits per heavy atom. The van der Waals surface area contributed by atoms with Gasteiger partial charge < -0.3 is 15.4 Å². The summed E-state index contributed by atoms with van der Waals surface area (Å²) >= 11 is 0. The fourth-order valence-corrected chi connectivity index (χ4v) is 2.02. The minimum absolute atomic E-state index is 0.246. The first-order valence-electron chi connectivity index (χ1n) is 8.21. The number of anilines is 2. The summed E-state index contributed by atoms with van der Waals surface area (Å²) in [4.78, 5) is 32.6. The summed E-state index contributed by atoms with van der Waals surface area (Å²) in [6, 6.07) is 6.93. The van der Waals surface area contributed by atoms with Gasteiger partial charge in [-0.3, -0.25) is 4.79 Å². The minimum Gasteiger partial charge on any atom is -0.462 e. The number of aromatic nitrogens is 2. The Labute approximate surface area is 146 Å². The molecule has 0 aliphatic rings. The Bertz CT molecular complexity index is 731. The first-order valence-corrected chi connectivity index (χ1v) is 8.21. The molecular formula is C18H22N4O3. The molecule has 0 saturated carbocycles. The molecule has 1 atom stereocenters. The van der Waals surface area contributed by atoms with Gasteiger partial charge in [0.05, 0.1) is 23.4 Å². The number of ether oxygens (including phenoxy) is 1. The molecule has 0 saturated heterocycles. The number of nitrogens with one attached hydrogen (secondary N) is 2. The predicted octanol–water partition coefficient (Wildman–Crippen LogP) is 3.12. The third-order valence-electron chi connectivity index (χ3n) is 3.57. The summed E-state index contributed by atoms with van der Waals surface area (Å²) in [6.45, 7) is 6.07. The number of carbonyl (C=O) groups excluding carboxylic acids is 2. The van der Waals surface area contributed by atoms with Gasteiger partial charge in [0.1, 0.15) is 0 Å². The van der Waals surface area contributed by atoms with E-state index in [2.05, 4.69) is 27.5 Å². The number of para-hydroxylation sites is 1. The molecule has 1 aromatic heterocycles. The smallest absolute Gasteiger partial charge is 0.340 e. The normalized spacial score (nSPS) is 11.5. The van der Waals surface area contributed by atoms with Gasteiger partial charge in [-0.1, -0.05) is 19.1 Å². The lowest BCUT2D eigenvalue weighted by Crippen LogP contribution is -2.18. The number of rotatable bonds is 7. The SMILES string of the molecule is CCOC(=O)c1ccccc1NC(=O)c1cnc(NC(C)CC)nc1. The molecule has 7 heteroatoms. The molecular weight excluding hydrogens is 320 g/mol. The minimum atomic E-state index is -0.484. The van der Waals surface area contributed by atoms with Crippen molar-refractivity contribution in [3.8, 4) is 0 Å². The average molecular weight is 342 g/mol. The molecule has 0 spiro atoms. The number of amides is 1. The van der Waals surface area contributed by atoms with Gasteiger partial charge in [-0.05, 0) is 32.4 Å². The van der Waals surface area contributed by atoms with Crippen molar-refractivity contribution in [2.75, 3.05) is 17.2 Å². The zero-order valence-electron chi connectivity index (χ0n) is 14.6. The van der Waals surface area contributed by atoms with E-state index in [0.717, 1.165) is 6.42 Å². The van der Waals surface area contributed by atoms with Gasteiger partial charge in [0.15, 0.2) is 0 Å². The Balaban J connectivity index is 2.11. The van der Waals surface area contributed by atoms with Gasteiger partial charge in [0, 0.05) is 18.4 Å². The van der Waals surface area contributed by atoms with Gasteiger partial charge in [0.25, 0.3) is 5.91 Å². The Morgan fingerprint density at radius 3 is 2.48 bits per heavy atom. The van der Waals surface area contributed by atoms with Crippen molar-refractivity contribution >= 4 is 23.5 Å². The monoisotopic (exact) mass is 342 g/mol. The zero-order valence-corrected chi connectivity index (χ0v) is 14.6. The van der Waals surface area contributed by atoms with Crippen LogP contribution in [0.5, 0.6) is 0 Å². The van der Waals surface area contributed by atoms with Crippen LogP contribution in [0.1, 0.15) is 47.9 Å². The van der Waals surface area contributed by atoms with Crippen molar-refractivity contribution in [3.63, 3.8) is 0 Å². The average Bonchev–Trinajstić information content (AvgIpc) is 2.62. The highest BCUT2D eigenvalue weighted by atomic mass is 16.5. The highest BCUT2D eigenvalue weighted by Crippen LogP contribution is 2.17. The lowest BCUT2D eigenvalue weighted by molar-refractivity contribution is 0.0527. The van der Waals surface area contributed by atoms with E-state index in [1.165, 1.54) is 12.4 Å². The van der Waals surface area contributed by atoms with Crippen LogP contribution in [0.2, 0.25) is 0 Å². The van der Waals surface area contributed by atoms with Gasteiger partial charge in [-0.25, -0.2) is 14.8 Å². The maximum Gasteiger partial charge on any atom is 0.340 e. The molecule has 1 unspecified atom stereocenters. The largest absolute Gasteiger partial charge is 0.462 e. The molecule has 0 aliphatic heterocycles. The number of benzene rings is 1. The lowest BCUT2D eigenvalue weighted by Gasteiger charge is -2.12. The molecule has 0 fully saturated rings. The van der Waals surface area contributed by atoms with Crippen molar-refractivity contribution in [2.45, 2.75) is 33.2 Å². The van der Waals surface area contributed by atoms with Crippen LogP contribution >= 0.6 is 0 Å². The second-order valence-electron chi connectivity index (χ2n) is 5.47.